The topological polar surface area (TPSA) is 58.0 Å². The maximum Gasteiger partial charge on any atom is 0.128 e. The lowest BCUT2D eigenvalue weighted by molar-refractivity contribution is 0.483. The lowest BCUT2D eigenvalue weighted by Crippen LogP contribution is -2.19. The van der Waals surface area contributed by atoms with E-state index in [1.54, 1.807) is 11.3 Å². The van der Waals surface area contributed by atoms with E-state index in [1.807, 2.05) is 36.4 Å². The molecule has 6 heteroatoms. The lowest BCUT2D eigenvalue weighted by atomic mass is 10.1. The molecule has 0 spiro atoms. The van der Waals surface area contributed by atoms with Crippen LogP contribution in [-0.2, 0) is 0 Å². The maximum atomic E-state index is 6.04. The zero-order valence-corrected chi connectivity index (χ0v) is 18.3. The molecule has 0 aliphatic carbocycles. The molecule has 0 bridgehead atoms. The Morgan fingerprint density at radius 2 is 1.25 bits per heavy atom. The minimum absolute atomic E-state index is 0.818. The van der Waals surface area contributed by atoms with Crippen LogP contribution in [-0.4, -0.2) is 37.9 Å². The Labute approximate surface area is 190 Å². The molecule has 0 radical (unpaired) electrons. The first-order valence-corrected chi connectivity index (χ1v) is 11.6. The van der Waals surface area contributed by atoms with Gasteiger partial charge in [-0.1, -0.05) is 12.1 Å². The van der Waals surface area contributed by atoms with Crippen LogP contribution in [0, 0.1) is 0 Å². The second kappa shape index (κ2) is 8.13. The number of nitrogens with one attached hydrogen (secondary N) is 2. The third kappa shape index (κ3) is 3.74. The smallest absolute Gasteiger partial charge is 0.128 e. The monoisotopic (exact) mass is 438 g/mol. The van der Waals surface area contributed by atoms with Gasteiger partial charge in [-0.25, -0.2) is 0 Å². The van der Waals surface area contributed by atoms with E-state index in [-0.39, 0.29) is 0 Å². The van der Waals surface area contributed by atoms with Crippen molar-refractivity contribution in [2.75, 3.05) is 26.2 Å². The summed E-state index contributed by atoms with van der Waals surface area (Å²) in [4.78, 5) is 10.2. The molecular formula is C26H22N4OS. The number of fused-ring (bicyclic) bond motifs is 1. The number of aliphatic imine (C=N–C) groups is 2. The third-order valence-electron chi connectivity index (χ3n) is 5.64. The highest BCUT2D eigenvalue weighted by Gasteiger charge is 2.11. The van der Waals surface area contributed by atoms with Crippen LogP contribution in [0.4, 0.5) is 0 Å². The first-order valence-electron chi connectivity index (χ1n) is 10.8. The fourth-order valence-electron chi connectivity index (χ4n) is 4.01. The van der Waals surface area contributed by atoms with Gasteiger partial charge in [0, 0.05) is 33.8 Å². The number of nitrogens with zero attached hydrogens (tertiary/aromatic N) is 2. The molecule has 4 aromatic rings. The Balaban J connectivity index is 1.19. The molecule has 0 unspecified atom stereocenters. The first kappa shape index (κ1) is 19.1. The number of amidine groups is 2. The van der Waals surface area contributed by atoms with E-state index in [0.717, 1.165) is 60.5 Å². The van der Waals surface area contributed by atoms with Gasteiger partial charge in [0.25, 0.3) is 0 Å². The molecule has 2 aliphatic heterocycles. The van der Waals surface area contributed by atoms with Crippen LogP contribution in [0.2, 0.25) is 0 Å². The SMILES string of the molecule is c1cc(C2=NCCN2)ccc1Oc1ccc(-c2cc3ccc(C4=NCCN4)cc3s2)cc1. The summed E-state index contributed by atoms with van der Waals surface area (Å²) in [5.74, 6) is 3.61. The Morgan fingerprint density at radius 3 is 1.88 bits per heavy atom. The van der Waals surface area contributed by atoms with Gasteiger partial charge >= 0.3 is 0 Å². The zero-order chi connectivity index (χ0) is 21.3. The fraction of sp³-hybridized carbons (Fsp3) is 0.154. The predicted molar refractivity (Wildman–Crippen MR) is 133 cm³/mol. The van der Waals surface area contributed by atoms with Crippen molar-refractivity contribution in [3.8, 4) is 21.9 Å². The Hall–Kier alpha value is -3.64. The molecule has 6 rings (SSSR count). The van der Waals surface area contributed by atoms with Crippen LogP contribution in [0.5, 0.6) is 11.5 Å². The number of rotatable bonds is 5. The van der Waals surface area contributed by atoms with Gasteiger partial charge < -0.3 is 15.4 Å². The molecule has 0 amide bonds. The molecule has 0 saturated carbocycles. The zero-order valence-electron chi connectivity index (χ0n) is 17.5. The Kier molecular flexibility index (Phi) is 4.85. The van der Waals surface area contributed by atoms with Crippen molar-refractivity contribution in [3.05, 3.63) is 83.9 Å². The summed E-state index contributed by atoms with van der Waals surface area (Å²) in [6.45, 7) is 3.53. The Bertz CT molecular complexity index is 1340. The van der Waals surface area contributed by atoms with Crippen LogP contribution in [0.1, 0.15) is 11.1 Å². The van der Waals surface area contributed by atoms with Gasteiger partial charge in [-0.15, -0.1) is 11.3 Å². The van der Waals surface area contributed by atoms with E-state index in [0.29, 0.717) is 0 Å². The predicted octanol–water partition coefficient (Wildman–Crippen LogP) is 5.06. The summed E-state index contributed by atoms with van der Waals surface area (Å²) in [6, 6.07) is 25.2. The van der Waals surface area contributed by atoms with Gasteiger partial charge in [0.2, 0.25) is 0 Å². The van der Waals surface area contributed by atoms with Crippen molar-refractivity contribution in [2.24, 2.45) is 9.98 Å². The second-order valence-electron chi connectivity index (χ2n) is 7.83. The Morgan fingerprint density at radius 1 is 0.656 bits per heavy atom. The number of hydrogen-bond acceptors (Lipinski definition) is 6. The molecule has 5 nitrogen and oxygen atoms in total. The maximum absolute atomic E-state index is 6.04. The molecular weight excluding hydrogens is 416 g/mol. The minimum atomic E-state index is 0.818. The number of ether oxygens (including phenoxy) is 1. The second-order valence-corrected chi connectivity index (χ2v) is 8.91. The summed E-state index contributed by atoms with van der Waals surface area (Å²) in [5.41, 5.74) is 3.44. The van der Waals surface area contributed by atoms with E-state index in [2.05, 4.69) is 57.0 Å². The molecule has 0 fully saturated rings. The van der Waals surface area contributed by atoms with Gasteiger partial charge in [-0.05, 0) is 71.6 Å². The van der Waals surface area contributed by atoms with E-state index in [1.165, 1.54) is 20.5 Å². The molecule has 0 saturated heterocycles. The summed E-state index contributed by atoms with van der Waals surface area (Å²) in [5, 5.41) is 7.90. The molecule has 2 N–H and O–H groups in total. The molecule has 32 heavy (non-hydrogen) atoms. The molecule has 0 atom stereocenters. The number of benzene rings is 3. The van der Waals surface area contributed by atoms with E-state index in [9.17, 15) is 0 Å². The van der Waals surface area contributed by atoms with Crippen LogP contribution in [0.25, 0.3) is 20.5 Å². The normalized spacial score (nSPS) is 15.2. The molecule has 158 valence electrons. The van der Waals surface area contributed by atoms with Gasteiger partial charge in [0.1, 0.15) is 23.2 Å². The quantitative estimate of drug-likeness (QED) is 0.458. The minimum Gasteiger partial charge on any atom is -0.457 e. The van der Waals surface area contributed by atoms with Crippen molar-refractivity contribution in [1.29, 1.82) is 0 Å². The third-order valence-corrected chi connectivity index (χ3v) is 6.79. The number of hydrogen-bond donors (Lipinski definition) is 2. The van der Waals surface area contributed by atoms with Crippen LogP contribution in [0.15, 0.2) is 82.8 Å². The lowest BCUT2D eigenvalue weighted by Gasteiger charge is -2.08. The summed E-state index contributed by atoms with van der Waals surface area (Å²) in [7, 11) is 0. The highest BCUT2D eigenvalue weighted by molar-refractivity contribution is 7.22. The van der Waals surface area contributed by atoms with E-state index < -0.39 is 0 Å². The highest BCUT2D eigenvalue weighted by Crippen LogP contribution is 2.35. The standard InChI is InChI=1S/C26H22N4OS/c1-2-20(26-29-13-14-30-26)16-24-19(1)15-23(32-24)17-3-7-21(8-4-17)31-22-9-5-18(6-10-22)25-27-11-12-28-25/h1-10,15-16H,11-14H2,(H,27,28)(H,29,30). The molecule has 1 aromatic heterocycles. The van der Waals surface area contributed by atoms with Crippen molar-refractivity contribution in [1.82, 2.24) is 10.6 Å². The summed E-state index contributed by atoms with van der Waals surface area (Å²) in [6.07, 6.45) is 0. The summed E-state index contributed by atoms with van der Waals surface area (Å²) < 4.78 is 7.32. The molecule has 3 heterocycles. The average molecular weight is 439 g/mol. The molecule has 3 aromatic carbocycles. The average Bonchev–Trinajstić information content (AvgIpc) is 3.61. The van der Waals surface area contributed by atoms with Crippen LogP contribution >= 0.6 is 11.3 Å². The van der Waals surface area contributed by atoms with Crippen molar-refractivity contribution in [2.45, 2.75) is 0 Å². The van der Waals surface area contributed by atoms with Gasteiger partial charge in [0.05, 0.1) is 13.1 Å². The summed E-state index contributed by atoms with van der Waals surface area (Å²) >= 11 is 1.81. The number of thiophene rings is 1. The van der Waals surface area contributed by atoms with Crippen molar-refractivity contribution >= 4 is 33.1 Å². The van der Waals surface area contributed by atoms with E-state index in [4.69, 9.17) is 4.74 Å². The largest absolute Gasteiger partial charge is 0.457 e. The van der Waals surface area contributed by atoms with E-state index >= 15 is 0 Å². The van der Waals surface area contributed by atoms with Gasteiger partial charge in [-0.2, -0.15) is 0 Å². The van der Waals surface area contributed by atoms with Crippen LogP contribution in [0.3, 0.4) is 0 Å². The van der Waals surface area contributed by atoms with Gasteiger partial charge in [0.15, 0.2) is 0 Å². The van der Waals surface area contributed by atoms with Crippen LogP contribution < -0.4 is 15.4 Å². The molecule has 2 aliphatic rings. The van der Waals surface area contributed by atoms with Crippen molar-refractivity contribution in [3.63, 3.8) is 0 Å². The first-order chi connectivity index (χ1) is 15.8. The van der Waals surface area contributed by atoms with Gasteiger partial charge in [-0.3, -0.25) is 9.98 Å². The van der Waals surface area contributed by atoms with Crippen molar-refractivity contribution < 1.29 is 4.74 Å². The fourth-order valence-corrected chi connectivity index (χ4v) is 5.11. The highest BCUT2D eigenvalue weighted by atomic mass is 32.1.